The van der Waals surface area contributed by atoms with Crippen LogP contribution in [-0.2, 0) is 0 Å². The largest absolute Gasteiger partial charge is 0.338 e. The highest BCUT2D eigenvalue weighted by Gasteiger charge is 2.15. The molecule has 0 aliphatic rings. The van der Waals surface area contributed by atoms with Gasteiger partial charge in [-0.3, -0.25) is 15.1 Å². The van der Waals surface area contributed by atoms with Crippen LogP contribution < -0.4 is 16.2 Å². The number of H-pyrrole nitrogens is 1. The van der Waals surface area contributed by atoms with Gasteiger partial charge in [0, 0.05) is 41.8 Å². The monoisotopic (exact) mass is 407 g/mol. The van der Waals surface area contributed by atoms with Crippen molar-refractivity contribution in [1.29, 1.82) is 0 Å². The number of aromatic nitrogens is 3. The second-order valence-corrected chi connectivity index (χ2v) is 7.05. The SMILES string of the molecule is C.CCNC(=O)Nc1nc2cc(-c3cccnc3)cc(-c3cccc(=O)[nH]3)c2s1. The van der Waals surface area contributed by atoms with Crippen LogP contribution in [0.25, 0.3) is 32.6 Å². The van der Waals surface area contributed by atoms with Gasteiger partial charge in [0.1, 0.15) is 0 Å². The third-order valence-corrected chi connectivity index (χ3v) is 5.12. The predicted molar refractivity (Wildman–Crippen MR) is 118 cm³/mol. The topological polar surface area (TPSA) is 99.8 Å². The van der Waals surface area contributed by atoms with E-state index in [0.29, 0.717) is 17.4 Å². The normalized spacial score (nSPS) is 10.4. The molecule has 1 aromatic carbocycles. The first kappa shape index (κ1) is 20.2. The number of urea groups is 1. The van der Waals surface area contributed by atoms with Crippen molar-refractivity contribution in [2.24, 2.45) is 0 Å². The van der Waals surface area contributed by atoms with Crippen LogP contribution in [0.1, 0.15) is 14.4 Å². The van der Waals surface area contributed by atoms with Gasteiger partial charge < -0.3 is 10.3 Å². The standard InChI is InChI=1S/C20H17N5O2S.CH4/c1-2-22-19(27)25-20-24-16-10-13(12-5-4-8-21-11-12)9-14(18(16)28-20)15-6-3-7-17(26)23-15;/h3-11H,2H2,1H3,(H,23,26)(H2,22,24,25,27);1H4. The number of anilines is 1. The molecule has 29 heavy (non-hydrogen) atoms. The van der Waals surface area contributed by atoms with Crippen LogP contribution in [0.4, 0.5) is 9.93 Å². The van der Waals surface area contributed by atoms with E-state index in [1.165, 1.54) is 17.4 Å². The average Bonchev–Trinajstić information content (AvgIpc) is 3.10. The molecular weight excluding hydrogens is 386 g/mol. The first-order chi connectivity index (χ1) is 13.6. The molecule has 4 aromatic rings. The molecule has 0 saturated heterocycles. The number of nitrogens with one attached hydrogen (secondary N) is 3. The van der Waals surface area contributed by atoms with Gasteiger partial charge in [0.15, 0.2) is 5.13 Å². The number of benzene rings is 1. The average molecular weight is 407 g/mol. The number of rotatable bonds is 4. The summed E-state index contributed by atoms with van der Waals surface area (Å²) >= 11 is 1.36. The minimum Gasteiger partial charge on any atom is -0.338 e. The molecule has 2 amide bonds. The smallest absolute Gasteiger partial charge is 0.321 e. The Hall–Kier alpha value is -3.52. The highest BCUT2D eigenvalue weighted by molar-refractivity contribution is 7.22. The van der Waals surface area contributed by atoms with Crippen molar-refractivity contribution in [3.8, 4) is 22.4 Å². The summed E-state index contributed by atoms with van der Waals surface area (Å²) in [4.78, 5) is 35.3. The van der Waals surface area contributed by atoms with Crippen LogP contribution in [0.2, 0.25) is 0 Å². The summed E-state index contributed by atoms with van der Waals surface area (Å²) in [7, 11) is 0. The van der Waals surface area contributed by atoms with Gasteiger partial charge in [-0.25, -0.2) is 9.78 Å². The molecule has 3 heterocycles. The fraction of sp³-hybridized carbons (Fsp3) is 0.143. The van der Waals surface area contributed by atoms with Crippen molar-refractivity contribution >= 4 is 32.7 Å². The summed E-state index contributed by atoms with van der Waals surface area (Å²) in [6, 6.07) is 12.5. The maximum atomic E-state index is 11.9. The molecule has 0 radical (unpaired) electrons. The second-order valence-electron chi connectivity index (χ2n) is 6.05. The Kier molecular flexibility index (Phi) is 6.04. The molecule has 0 atom stereocenters. The molecule has 7 nitrogen and oxygen atoms in total. The van der Waals surface area contributed by atoms with E-state index in [1.807, 2.05) is 37.3 Å². The molecular formula is C21H21N5O2S. The Balaban J connectivity index is 0.00000240. The first-order valence-corrected chi connectivity index (χ1v) is 9.55. The lowest BCUT2D eigenvalue weighted by Gasteiger charge is -2.07. The van der Waals surface area contributed by atoms with Crippen LogP contribution in [0.5, 0.6) is 0 Å². The Morgan fingerprint density at radius 1 is 1.17 bits per heavy atom. The Morgan fingerprint density at radius 2 is 2.03 bits per heavy atom. The van der Waals surface area contributed by atoms with E-state index in [-0.39, 0.29) is 19.0 Å². The quantitative estimate of drug-likeness (QED) is 0.464. The molecule has 3 N–H and O–H groups in total. The number of thiazole rings is 1. The van der Waals surface area contributed by atoms with E-state index in [9.17, 15) is 9.59 Å². The number of aromatic amines is 1. The summed E-state index contributed by atoms with van der Waals surface area (Å²) in [6.07, 6.45) is 3.49. The lowest BCUT2D eigenvalue weighted by Crippen LogP contribution is -2.28. The van der Waals surface area contributed by atoms with Crippen LogP contribution in [0, 0.1) is 0 Å². The molecule has 0 aliphatic carbocycles. The number of hydrogen-bond acceptors (Lipinski definition) is 5. The van der Waals surface area contributed by atoms with Gasteiger partial charge >= 0.3 is 6.03 Å². The van der Waals surface area contributed by atoms with E-state index in [1.54, 1.807) is 18.5 Å². The van der Waals surface area contributed by atoms with Gasteiger partial charge in [-0.2, -0.15) is 0 Å². The summed E-state index contributed by atoms with van der Waals surface area (Å²) in [5.41, 5.74) is 3.96. The highest BCUT2D eigenvalue weighted by Crippen LogP contribution is 2.37. The number of carbonyl (C=O) groups excluding carboxylic acids is 1. The highest BCUT2D eigenvalue weighted by atomic mass is 32.1. The van der Waals surface area contributed by atoms with E-state index in [2.05, 4.69) is 25.6 Å². The Bertz CT molecular complexity index is 1200. The minimum atomic E-state index is -0.302. The van der Waals surface area contributed by atoms with Crippen LogP contribution in [0.3, 0.4) is 0 Å². The second kappa shape index (κ2) is 8.66. The number of amides is 2. The van der Waals surface area contributed by atoms with E-state index >= 15 is 0 Å². The molecule has 4 rings (SSSR count). The third kappa shape index (κ3) is 4.33. The molecule has 8 heteroatoms. The maximum Gasteiger partial charge on any atom is 0.321 e. The van der Waals surface area contributed by atoms with Gasteiger partial charge in [-0.15, -0.1) is 0 Å². The molecule has 3 aromatic heterocycles. The fourth-order valence-corrected chi connectivity index (χ4v) is 3.86. The zero-order valence-electron chi connectivity index (χ0n) is 15.0. The molecule has 0 bridgehead atoms. The number of carbonyl (C=O) groups is 1. The summed E-state index contributed by atoms with van der Waals surface area (Å²) in [5.74, 6) is 0. The van der Waals surface area contributed by atoms with Crippen molar-refractivity contribution in [2.45, 2.75) is 14.4 Å². The molecule has 0 aliphatic heterocycles. The third-order valence-electron chi connectivity index (χ3n) is 4.10. The summed E-state index contributed by atoms with van der Waals surface area (Å²) < 4.78 is 0.876. The molecule has 0 spiro atoms. The molecule has 0 fully saturated rings. The van der Waals surface area contributed by atoms with E-state index in [4.69, 9.17) is 0 Å². The lowest BCUT2D eigenvalue weighted by molar-refractivity contribution is 0.252. The first-order valence-electron chi connectivity index (χ1n) is 8.73. The van der Waals surface area contributed by atoms with Crippen molar-refractivity contribution in [2.75, 3.05) is 11.9 Å². The Morgan fingerprint density at radius 3 is 2.76 bits per heavy atom. The lowest BCUT2D eigenvalue weighted by atomic mass is 10.0. The fourth-order valence-electron chi connectivity index (χ4n) is 2.89. The van der Waals surface area contributed by atoms with Crippen molar-refractivity contribution in [3.63, 3.8) is 0 Å². The van der Waals surface area contributed by atoms with Gasteiger partial charge in [0.2, 0.25) is 5.56 Å². The van der Waals surface area contributed by atoms with Gasteiger partial charge in [-0.1, -0.05) is 30.9 Å². The maximum absolute atomic E-state index is 11.9. The van der Waals surface area contributed by atoms with E-state index < -0.39 is 0 Å². The summed E-state index contributed by atoms with van der Waals surface area (Å²) in [6.45, 7) is 2.38. The van der Waals surface area contributed by atoms with Crippen molar-refractivity contribution in [1.82, 2.24) is 20.3 Å². The van der Waals surface area contributed by atoms with Gasteiger partial charge in [0.05, 0.1) is 10.2 Å². The Labute approximate surface area is 171 Å². The zero-order chi connectivity index (χ0) is 19.5. The predicted octanol–water partition coefficient (Wildman–Crippen LogP) is 4.49. The molecule has 0 saturated carbocycles. The van der Waals surface area contributed by atoms with Crippen LogP contribution in [0.15, 0.2) is 59.7 Å². The van der Waals surface area contributed by atoms with Crippen molar-refractivity contribution in [3.05, 3.63) is 65.2 Å². The summed E-state index contributed by atoms with van der Waals surface area (Å²) in [5, 5.41) is 5.93. The van der Waals surface area contributed by atoms with Crippen LogP contribution >= 0.6 is 11.3 Å². The van der Waals surface area contributed by atoms with Gasteiger partial charge in [-0.05, 0) is 36.8 Å². The minimum absolute atomic E-state index is 0. The number of pyridine rings is 2. The number of fused-ring (bicyclic) bond motifs is 1. The van der Waals surface area contributed by atoms with Crippen molar-refractivity contribution < 1.29 is 4.79 Å². The molecule has 148 valence electrons. The number of hydrogen-bond donors (Lipinski definition) is 3. The zero-order valence-corrected chi connectivity index (χ0v) is 15.8. The number of nitrogens with zero attached hydrogens (tertiary/aromatic N) is 2. The van der Waals surface area contributed by atoms with Gasteiger partial charge in [0.25, 0.3) is 0 Å². The molecule has 0 unspecified atom stereocenters. The van der Waals surface area contributed by atoms with Crippen LogP contribution in [-0.4, -0.2) is 27.5 Å². The van der Waals surface area contributed by atoms with E-state index in [0.717, 1.165) is 26.9 Å².